The third-order valence-electron chi connectivity index (χ3n) is 4.24. The van der Waals surface area contributed by atoms with Gasteiger partial charge >= 0.3 is 5.97 Å². The van der Waals surface area contributed by atoms with Crippen LogP contribution < -0.4 is 5.32 Å². The van der Waals surface area contributed by atoms with Gasteiger partial charge in [-0.05, 0) is 36.7 Å². The fraction of sp³-hybridized carbons (Fsp3) is 0.263. The second-order valence-electron chi connectivity index (χ2n) is 6.15. The van der Waals surface area contributed by atoms with Crippen LogP contribution in [0.3, 0.4) is 0 Å². The van der Waals surface area contributed by atoms with Gasteiger partial charge in [0, 0.05) is 31.0 Å². The molecule has 27 heavy (non-hydrogen) atoms. The second kappa shape index (κ2) is 9.20. The third kappa shape index (κ3) is 5.08. The number of carbonyl (C=O) groups is 1. The molecule has 3 rings (SSSR count). The van der Waals surface area contributed by atoms with Gasteiger partial charge in [-0.2, -0.15) is 5.10 Å². The van der Waals surface area contributed by atoms with Crippen LogP contribution in [-0.2, 0) is 17.9 Å². The molecule has 0 saturated carbocycles. The summed E-state index contributed by atoms with van der Waals surface area (Å²) in [6.07, 6.45) is 4.56. The van der Waals surface area contributed by atoms with E-state index >= 15 is 0 Å². The van der Waals surface area contributed by atoms with Crippen LogP contribution in [0.5, 0.6) is 0 Å². The minimum atomic E-state index is -0.863. The van der Waals surface area contributed by atoms with Gasteiger partial charge < -0.3 is 15.0 Å². The highest BCUT2D eigenvalue weighted by atomic mass is 32.1. The van der Waals surface area contributed by atoms with E-state index < -0.39 is 12.0 Å². The number of carboxylic acids is 1. The maximum absolute atomic E-state index is 11.5. The van der Waals surface area contributed by atoms with Gasteiger partial charge in [0.1, 0.15) is 6.04 Å². The van der Waals surface area contributed by atoms with E-state index in [9.17, 15) is 9.90 Å². The Morgan fingerprint density at radius 1 is 1.26 bits per heavy atom. The number of hydrogen-bond acceptors (Lipinski definition) is 5. The molecule has 0 aliphatic carbocycles. The van der Waals surface area contributed by atoms with E-state index in [-0.39, 0.29) is 0 Å². The van der Waals surface area contributed by atoms with E-state index in [1.165, 1.54) is 0 Å². The highest BCUT2D eigenvalue weighted by Gasteiger charge is 2.17. The molecule has 0 spiro atoms. The molecule has 2 aromatic heterocycles. The molecule has 0 radical (unpaired) electrons. The molecule has 0 fully saturated rings. The lowest BCUT2D eigenvalue weighted by Crippen LogP contribution is -2.36. The zero-order valence-corrected chi connectivity index (χ0v) is 15.5. The maximum atomic E-state index is 11.5. The minimum absolute atomic E-state index is 0.464. The topological polar surface area (TPSA) is 95.8 Å². The minimum Gasteiger partial charge on any atom is -0.480 e. The summed E-state index contributed by atoms with van der Waals surface area (Å²) in [4.78, 5) is 15.6. The summed E-state index contributed by atoms with van der Waals surface area (Å²) in [7, 11) is 0. The molecular formula is C19H21N5O2S. The summed E-state index contributed by atoms with van der Waals surface area (Å²) < 4.78 is 2.44. The number of pyridine rings is 1. The molecule has 1 atom stereocenters. The van der Waals surface area contributed by atoms with Crippen molar-refractivity contribution >= 4 is 18.2 Å². The van der Waals surface area contributed by atoms with Crippen molar-refractivity contribution in [3.8, 4) is 11.4 Å². The Morgan fingerprint density at radius 3 is 2.78 bits per heavy atom. The lowest BCUT2D eigenvalue weighted by atomic mass is 10.1. The van der Waals surface area contributed by atoms with Crippen molar-refractivity contribution in [3.63, 3.8) is 0 Å². The summed E-state index contributed by atoms with van der Waals surface area (Å²) in [6.45, 7) is 1.06. The van der Waals surface area contributed by atoms with Crippen LogP contribution in [0.25, 0.3) is 11.4 Å². The first-order valence-electron chi connectivity index (χ1n) is 8.71. The van der Waals surface area contributed by atoms with Crippen LogP contribution in [0.1, 0.15) is 18.4 Å². The number of benzene rings is 1. The smallest absolute Gasteiger partial charge is 0.320 e. The fourth-order valence-electron chi connectivity index (χ4n) is 2.84. The van der Waals surface area contributed by atoms with Crippen molar-refractivity contribution in [1.82, 2.24) is 25.1 Å². The number of H-pyrrole nitrogens is 1. The summed E-state index contributed by atoms with van der Waals surface area (Å²) in [6, 6.07) is 12.9. The van der Waals surface area contributed by atoms with E-state index in [1.54, 1.807) is 12.4 Å². The molecule has 140 valence electrons. The molecule has 3 aromatic rings. The molecule has 0 aliphatic heterocycles. The van der Waals surface area contributed by atoms with Crippen molar-refractivity contribution < 1.29 is 9.90 Å². The summed E-state index contributed by atoms with van der Waals surface area (Å²) in [5.41, 5.74) is 1.92. The Hall–Kier alpha value is -2.84. The summed E-state index contributed by atoms with van der Waals surface area (Å²) >= 11 is 5.32. The lowest BCUT2D eigenvalue weighted by molar-refractivity contribution is -0.139. The Bertz CT molecular complexity index is 924. The number of hydrogen-bond donors (Lipinski definition) is 3. The van der Waals surface area contributed by atoms with Crippen LogP contribution in [-0.4, -0.2) is 36.9 Å². The molecular weight excluding hydrogens is 362 g/mol. The predicted molar refractivity (Wildman–Crippen MR) is 105 cm³/mol. The molecule has 0 aliphatic rings. The van der Waals surface area contributed by atoms with Gasteiger partial charge in [-0.25, -0.2) is 0 Å². The van der Waals surface area contributed by atoms with Crippen molar-refractivity contribution in [2.24, 2.45) is 0 Å². The van der Waals surface area contributed by atoms with Crippen molar-refractivity contribution in [2.45, 2.75) is 32.0 Å². The largest absolute Gasteiger partial charge is 0.480 e. The SMILES string of the molecule is O=C(O)[C@H](CCCn1c(-c2ccccc2)n[nH]c1=S)NCc1cccnc1. The molecule has 2 heterocycles. The molecule has 7 nitrogen and oxygen atoms in total. The van der Waals surface area contributed by atoms with Crippen LogP contribution in [0.4, 0.5) is 0 Å². The highest BCUT2D eigenvalue weighted by molar-refractivity contribution is 7.71. The van der Waals surface area contributed by atoms with E-state index in [4.69, 9.17) is 12.2 Å². The van der Waals surface area contributed by atoms with Gasteiger partial charge in [0.15, 0.2) is 10.6 Å². The van der Waals surface area contributed by atoms with Gasteiger partial charge in [0.2, 0.25) is 0 Å². The van der Waals surface area contributed by atoms with E-state index in [0.717, 1.165) is 17.0 Å². The molecule has 3 N–H and O–H groups in total. The first kappa shape index (κ1) is 18.9. The van der Waals surface area contributed by atoms with Crippen LogP contribution in [0, 0.1) is 4.77 Å². The number of carboxylic acid groups (broad SMARTS) is 1. The zero-order valence-electron chi connectivity index (χ0n) is 14.7. The van der Waals surface area contributed by atoms with Gasteiger partial charge in [0.25, 0.3) is 0 Å². The predicted octanol–water partition coefficient (Wildman–Crippen LogP) is 3.03. The van der Waals surface area contributed by atoms with Gasteiger partial charge in [-0.15, -0.1) is 0 Å². The Balaban J connectivity index is 1.60. The van der Waals surface area contributed by atoms with Crippen molar-refractivity contribution in [2.75, 3.05) is 0 Å². The molecule has 0 amide bonds. The van der Waals surface area contributed by atoms with Crippen molar-refractivity contribution in [3.05, 3.63) is 65.2 Å². The number of aromatic nitrogens is 4. The third-order valence-corrected chi connectivity index (χ3v) is 4.55. The molecule has 8 heteroatoms. The second-order valence-corrected chi connectivity index (χ2v) is 6.53. The maximum Gasteiger partial charge on any atom is 0.320 e. The average Bonchev–Trinajstić information content (AvgIpc) is 3.06. The average molecular weight is 383 g/mol. The van der Waals surface area contributed by atoms with Gasteiger partial charge in [-0.1, -0.05) is 36.4 Å². The molecule has 0 bridgehead atoms. The number of aliphatic carboxylic acids is 1. The van der Waals surface area contributed by atoms with Crippen molar-refractivity contribution in [1.29, 1.82) is 0 Å². The van der Waals surface area contributed by atoms with E-state index in [1.807, 2.05) is 47.0 Å². The summed E-state index contributed by atoms with van der Waals surface area (Å²) in [5.74, 6) is -0.103. The van der Waals surface area contributed by atoms with Gasteiger partial charge in [-0.3, -0.25) is 14.9 Å². The summed E-state index contributed by atoms with van der Waals surface area (Å²) in [5, 5.41) is 19.7. The van der Waals surface area contributed by atoms with Crippen LogP contribution in [0.15, 0.2) is 54.9 Å². The zero-order chi connectivity index (χ0) is 19.1. The number of rotatable bonds is 9. The highest BCUT2D eigenvalue weighted by Crippen LogP contribution is 2.17. The van der Waals surface area contributed by atoms with Crippen LogP contribution >= 0.6 is 12.2 Å². The molecule has 1 aromatic carbocycles. The lowest BCUT2D eigenvalue weighted by Gasteiger charge is -2.15. The first-order valence-corrected chi connectivity index (χ1v) is 9.11. The Kier molecular flexibility index (Phi) is 6.45. The van der Waals surface area contributed by atoms with Crippen LogP contribution in [0.2, 0.25) is 0 Å². The number of aromatic amines is 1. The van der Waals surface area contributed by atoms with E-state index in [0.29, 0.717) is 30.7 Å². The normalized spacial score (nSPS) is 12.0. The van der Waals surface area contributed by atoms with Gasteiger partial charge in [0.05, 0.1) is 0 Å². The first-order chi connectivity index (χ1) is 13.1. The molecule has 0 saturated heterocycles. The Labute approximate surface area is 162 Å². The fourth-order valence-corrected chi connectivity index (χ4v) is 3.07. The quantitative estimate of drug-likeness (QED) is 0.492. The number of nitrogens with one attached hydrogen (secondary N) is 2. The standard InChI is InChI=1S/C19H21N5O2S/c25-18(26)16(21-13-14-6-4-10-20-12-14)9-5-11-24-17(22-23-19(24)27)15-7-2-1-3-8-15/h1-4,6-8,10,12,16,21H,5,9,11,13H2,(H,23,27)(H,25,26)/t16-/m0/s1. The number of nitrogens with zero attached hydrogens (tertiary/aromatic N) is 3. The Morgan fingerprint density at radius 2 is 2.07 bits per heavy atom. The van der Waals surface area contributed by atoms with E-state index in [2.05, 4.69) is 20.5 Å². The molecule has 0 unspecified atom stereocenters. The monoisotopic (exact) mass is 383 g/mol.